The number of rotatable bonds is 6. The molecule has 1 aromatic carbocycles. The number of piperidine rings is 1. The minimum absolute atomic E-state index is 0.00201. The van der Waals surface area contributed by atoms with Gasteiger partial charge in [-0.2, -0.15) is 22.6 Å². The van der Waals surface area contributed by atoms with Crippen molar-refractivity contribution >= 4 is 27.2 Å². The molecule has 0 bridgehead atoms. The summed E-state index contributed by atoms with van der Waals surface area (Å²) in [6, 6.07) is 6.81. The summed E-state index contributed by atoms with van der Waals surface area (Å²) >= 11 is 0. The van der Waals surface area contributed by atoms with Gasteiger partial charge in [-0.25, -0.2) is 17.8 Å². The summed E-state index contributed by atoms with van der Waals surface area (Å²) in [6.45, 7) is 1.87. The molecule has 2 aliphatic rings. The largest absolute Gasteiger partial charge is 0.416 e. The van der Waals surface area contributed by atoms with Gasteiger partial charge in [0.05, 0.1) is 28.6 Å². The molecule has 3 aromatic rings. The number of allylic oxidation sites excluding steroid dienone is 2. The zero-order chi connectivity index (χ0) is 30.3. The van der Waals surface area contributed by atoms with Gasteiger partial charge in [0.2, 0.25) is 10.0 Å². The van der Waals surface area contributed by atoms with Gasteiger partial charge in [-0.1, -0.05) is 5.57 Å². The Hall–Kier alpha value is -4.17. The fourth-order valence-corrected chi connectivity index (χ4v) is 6.66. The Morgan fingerprint density at radius 3 is 2.60 bits per heavy atom. The molecule has 220 valence electrons. The predicted molar refractivity (Wildman–Crippen MR) is 146 cm³/mol. The molecule has 1 aliphatic carbocycles. The maximum absolute atomic E-state index is 14.2. The second-order valence-corrected chi connectivity index (χ2v) is 11.9. The van der Waals surface area contributed by atoms with Gasteiger partial charge in [0.1, 0.15) is 16.4 Å². The van der Waals surface area contributed by atoms with Crippen LogP contribution in [-0.2, 0) is 22.7 Å². The van der Waals surface area contributed by atoms with E-state index in [0.29, 0.717) is 35.2 Å². The molecular weight excluding hydrogens is 576 g/mol. The van der Waals surface area contributed by atoms with Crippen molar-refractivity contribution in [3.8, 4) is 0 Å². The number of sulfonamides is 1. The van der Waals surface area contributed by atoms with E-state index in [9.17, 15) is 30.8 Å². The Morgan fingerprint density at radius 1 is 1.21 bits per heavy atom. The van der Waals surface area contributed by atoms with Crippen LogP contribution in [0.25, 0.3) is 0 Å². The van der Waals surface area contributed by atoms with E-state index in [4.69, 9.17) is 5.73 Å². The van der Waals surface area contributed by atoms with Gasteiger partial charge in [-0.3, -0.25) is 14.5 Å². The number of fused-ring (bicyclic) bond motifs is 1. The van der Waals surface area contributed by atoms with Crippen molar-refractivity contribution < 1.29 is 30.8 Å². The Labute approximate surface area is 239 Å². The molecule has 0 unspecified atom stereocenters. The first-order chi connectivity index (χ1) is 19.9. The lowest BCUT2D eigenvalue weighted by Gasteiger charge is -2.45. The van der Waals surface area contributed by atoms with Gasteiger partial charge in [0.15, 0.2) is 5.78 Å². The molecular formula is C28H26F4N6O3S. The van der Waals surface area contributed by atoms with Gasteiger partial charge in [-0.15, -0.1) is 0 Å². The van der Waals surface area contributed by atoms with Gasteiger partial charge in [0.25, 0.3) is 0 Å². The lowest BCUT2D eigenvalue weighted by molar-refractivity contribution is -0.137. The molecule has 0 amide bonds. The first kappa shape index (κ1) is 29.3. The standard InChI is InChI=1S/C28H26F4N6O3S/c1-2-37-16-23(15-35-37)42(40,41)38-10-8-19-11-24(36-22-5-3-21(29)4-6-22)18(14-33)13-27(19,17-38)26(39)25-12-20(7-9-34-25)28(30,31)32/h3-7,9,11-12,14-16H,2,8,10,13,17,33H2,1H3/b18-14-,36-24?/t27-/m0/s1. The number of aromatic nitrogens is 3. The number of alkyl halides is 3. The van der Waals surface area contributed by atoms with E-state index in [1.807, 2.05) is 0 Å². The first-order valence-electron chi connectivity index (χ1n) is 12.9. The number of aliphatic imine (C=N–C) groups is 1. The van der Waals surface area contributed by atoms with Crippen LogP contribution in [0, 0.1) is 11.2 Å². The number of nitrogens with two attached hydrogens (primary N) is 1. The zero-order valence-corrected chi connectivity index (χ0v) is 23.2. The molecule has 42 heavy (non-hydrogen) atoms. The van der Waals surface area contributed by atoms with Crippen molar-refractivity contribution in [1.82, 2.24) is 19.1 Å². The molecule has 5 rings (SSSR count). The number of Topliss-reactive ketones (excluding diaryl/α,β-unsaturated/α-hetero) is 1. The second-order valence-electron chi connectivity index (χ2n) is 9.97. The summed E-state index contributed by atoms with van der Waals surface area (Å²) in [5, 5.41) is 4.04. The van der Waals surface area contributed by atoms with Crippen LogP contribution in [0.2, 0.25) is 0 Å². The highest BCUT2D eigenvalue weighted by molar-refractivity contribution is 7.89. The maximum Gasteiger partial charge on any atom is 0.416 e. The number of hydrogen-bond donors (Lipinski definition) is 1. The molecule has 3 heterocycles. The number of benzene rings is 1. The number of hydrogen-bond acceptors (Lipinski definition) is 7. The smallest absolute Gasteiger partial charge is 0.404 e. The maximum atomic E-state index is 14.2. The Balaban J connectivity index is 1.63. The number of ketones is 1. The molecule has 0 radical (unpaired) electrons. The van der Waals surface area contributed by atoms with Crippen molar-refractivity contribution in [3.05, 3.63) is 95.5 Å². The van der Waals surface area contributed by atoms with E-state index in [1.54, 1.807) is 13.0 Å². The molecule has 14 heteroatoms. The summed E-state index contributed by atoms with van der Waals surface area (Å²) in [5.74, 6) is -1.23. The number of nitrogens with zero attached hydrogens (tertiary/aromatic N) is 5. The van der Waals surface area contributed by atoms with E-state index in [0.717, 1.165) is 16.6 Å². The van der Waals surface area contributed by atoms with Gasteiger partial charge in [-0.05, 0) is 74.0 Å². The van der Waals surface area contributed by atoms with Gasteiger partial charge in [0, 0.05) is 32.0 Å². The van der Waals surface area contributed by atoms with Crippen LogP contribution in [0.3, 0.4) is 0 Å². The monoisotopic (exact) mass is 602 g/mol. The Morgan fingerprint density at radius 2 is 1.95 bits per heavy atom. The second kappa shape index (κ2) is 10.9. The highest BCUT2D eigenvalue weighted by Crippen LogP contribution is 2.48. The van der Waals surface area contributed by atoms with E-state index in [-0.39, 0.29) is 30.8 Å². The first-order valence-corrected chi connectivity index (χ1v) is 14.4. The molecule has 1 fully saturated rings. The topological polar surface area (TPSA) is 124 Å². The van der Waals surface area contributed by atoms with Crippen LogP contribution in [0.15, 0.2) is 88.3 Å². The van der Waals surface area contributed by atoms with Gasteiger partial charge < -0.3 is 5.73 Å². The number of aryl methyl sites for hydroxylation is 1. The third kappa shape index (κ3) is 5.39. The number of halogens is 4. The Bertz CT molecular complexity index is 1730. The zero-order valence-electron chi connectivity index (χ0n) is 22.3. The predicted octanol–water partition coefficient (Wildman–Crippen LogP) is 4.67. The van der Waals surface area contributed by atoms with Crippen LogP contribution in [0.4, 0.5) is 23.2 Å². The minimum atomic E-state index is -4.72. The summed E-state index contributed by atoms with van der Waals surface area (Å²) in [7, 11) is -4.12. The SMILES string of the molecule is CCn1cc(S(=O)(=O)N2CCC3=CC(=Nc4ccc(F)cc4)/C(=C\N)C[C@]3(C(=O)c3cc(C(F)(F)F)ccn3)C2)cn1. The van der Waals surface area contributed by atoms with Crippen LogP contribution < -0.4 is 5.73 Å². The van der Waals surface area contributed by atoms with Crippen LogP contribution in [0.5, 0.6) is 0 Å². The number of pyridine rings is 1. The normalized spacial score (nSPS) is 21.8. The molecule has 2 aromatic heterocycles. The van der Waals surface area contributed by atoms with Crippen LogP contribution in [-0.4, -0.2) is 52.1 Å². The van der Waals surface area contributed by atoms with Crippen LogP contribution in [0.1, 0.15) is 35.8 Å². The molecule has 1 atom stereocenters. The third-order valence-corrected chi connectivity index (χ3v) is 9.22. The van der Waals surface area contributed by atoms with Crippen LogP contribution >= 0.6 is 0 Å². The highest BCUT2D eigenvalue weighted by atomic mass is 32.2. The fraction of sp³-hybridized carbons (Fsp3) is 0.286. The molecule has 1 saturated heterocycles. The summed E-state index contributed by atoms with van der Waals surface area (Å²) in [6.07, 6.45) is 1.54. The van der Waals surface area contributed by atoms with E-state index >= 15 is 0 Å². The van der Waals surface area contributed by atoms with E-state index in [1.165, 1.54) is 47.5 Å². The summed E-state index contributed by atoms with van der Waals surface area (Å²) < 4.78 is 83.9. The lowest BCUT2D eigenvalue weighted by Crippen LogP contribution is -2.53. The lowest BCUT2D eigenvalue weighted by atomic mass is 9.64. The molecule has 9 nitrogen and oxygen atoms in total. The summed E-state index contributed by atoms with van der Waals surface area (Å²) in [5.41, 5.74) is 4.45. The van der Waals surface area contributed by atoms with Gasteiger partial charge >= 0.3 is 6.18 Å². The molecule has 0 spiro atoms. The average Bonchev–Trinajstić information content (AvgIpc) is 3.47. The van der Waals surface area contributed by atoms with Crippen molar-refractivity contribution in [2.45, 2.75) is 37.4 Å². The third-order valence-electron chi connectivity index (χ3n) is 7.43. The van der Waals surface area contributed by atoms with Crippen molar-refractivity contribution in [3.63, 3.8) is 0 Å². The fourth-order valence-electron chi connectivity index (χ4n) is 5.20. The Kier molecular flexibility index (Phi) is 7.62. The highest BCUT2D eigenvalue weighted by Gasteiger charge is 2.52. The molecule has 1 aliphatic heterocycles. The molecule has 0 saturated carbocycles. The summed E-state index contributed by atoms with van der Waals surface area (Å²) in [4.78, 5) is 22.6. The number of carbonyl (C=O) groups is 1. The van der Waals surface area contributed by atoms with Crippen molar-refractivity contribution in [1.29, 1.82) is 0 Å². The number of carbonyl (C=O) groups excluding carboxylic acids is 1. The van der Waals surface area contributed by atoms with E-state index in [2.05, 4.69) is 15.1 Å². The molecule has 2 N–H and O–H groups in total. The van der Waals surface area contributed by atoms with Crippen molar-refractivity contribution in [2.75, 3.05) is 13.1 Å². The average molecular weight is 603 g/mol. The minimum Gasteiger partial charge on any atom is -0.404 e. The quantitative estimate of drug-likeness (QED) is 0.323. The van der Waals surface area contributed by atoms with E-state index < -0.39 is 44.5 Å². The van der Waals surface area contributed by atoms with Crippen molar-refractivity contribution in [2.24, 2.45) is 16.1 Å².